The van der Waals surface area contributed by atoms with Crippen molar-refractivity contribution in [2.24, 2.45) is 4.99 Å². The van der Waals surface area contributed by atoms with Crippen LogP contribution in [0.3, 0.4) is 0 Å². The van der Waals surface area contributed by atoms with Gasteiger partial charge in [-0.3, -0.25) is 0 Å². The van der Waals surface area contributed by atoms with Gasteiger partial charge in [-0.05, 0) is 43.7 Å². The predicted octanol–water partition coefficient (Wildman–Crippen LogP) is 5.94. The van der Waals surface area contributed by atoms with Crippen LogP contribution >= 0.6 is 51.5 Å². The molecule has 1 heterocycles. The summed E-state index contributed by atoms with van der Waals surface area (Å²) in [5.41, 5.74) is 5.18. The summed E-state index contributed by atoms with van der Waals surface area (Å²) in [6.45, 7) is 4.65. The molecule has 0 bridgehead atoms. The maximum atomic E-state index is 9.52. The maximum absolute atomic E-state index is 9.52. The van der Waals surface area contributed by atoms with Crippen LogP contribution in [0.15, 0.2) is 46.8 Å². The minimum Gasteiger partial charge on any atom is -0.395 e. The van der Waals surface area contributed by atoms with Gasteiger partial charge in [0.2, 0.25) is 0 Å². The zero-order valence-corrected chi connectivity index (χ0v) is 18.4. The van der Waals surface area contributed by atoms with E-state index in [2.05, 4.69) is 42.4 Å². The van der Waals surface area contributed by atoms with Crippen molar-refractivity contribution in [1.82, 2.24) is 4.57 Å². The van der Waals surface area contributed by atoms with E-state index in [1.807, 2.05) is 4.57 Å². The largest absolute Gasteiger partial charge is 0.395 e. The van der Waals surface area contributed by atoms with Crippen LogP contribution in [0, 0.1) is 13.8 Å². The fourth-order valence-electron chi connectivity index (χ4n) is 2.64. The number of benzene rings is 2. The van der Waals surface area contributed by atoms with E-state index in [4.69, 9.17) is 23.2 Å². The third-order valence-electron chi connectivity index (χ3n) is 3.91. The van der Waals surface area contributed by atoms with Crippen molar-refractivity contribution in [2.75, 3.05) is 6.61 Å². The molecule has 2 aromatic carbocycles. The Morgan fingerprint density at radius 3 is 2.62 bits per heavy atom. The number of aliphatic hydroxyl groups is 1. The van der Waals surface area contributed by atoms with Gasteiger partial charge in [-0.15, -0.1) is 28.3 Å². The number of aromatic nitrogens is 1. The third kappa shape index (κ3) is 4.59. The normalized spacial score (nSPS) is 11.5. The molecule has 26 heavy (non-hydrogen) atoms. The van der Waals surface area contributed by atoms with E-state index in [-0.39, 0.29) is 23.6 Å². The van der Waals surface area contributed by atoms with Crippen molar-refractivity contribution >= 4 is 57.2 Å². The molecule has 7 heteroatoms. The highest BCUT2D eigenvalue weighted by Crippen LogP contribution is 2.29. The van der Waals surface area contributed by atoms with Crippen molar-refractivity contribution in [1.29, 1.82) is 0 Å². The first-order valence-corrected chi connectivity index (χ1v) is 9.49. The van der Waals surface area contributed by atoms with Crippen molar-refractivity contribution in [3.8, 4) is 11.3 Å². The first kappa shape index (κ1) is 21.2. The van der Waals surface area contributed by atoms with Gasteiger partial charge in [0.05, 0.1) is 23.0 Å². The van der Waals surface area contributed by atoms with Gasteiger partial charge in [-0.2, -0.15) is 0 Å². The van der Waals surface area contributed by atoms with E-state index in [1.165, 1.54) is 22.5 Å². The van der Waals surface area contributed by atoms with Crippen LogP contribution in [0.1, 0.15) is 11.1 Å². The van der Waals surface area contributed by atoms with Crippen molar-refractivity contribution in [3.05, 3.63) is 67.8 Å². The minimum absolute atomic E-state index is 0. The Hall–Kier alpha value is -1.11. The van der Waals surface area contributed by atoms with Crippen LogP contribution in [0.5, 0.6) is 0 Å². The molecular formula is C19H19BrCl2N2OS. The number of halogens is 3. The Bertz CT molecular complexity index is 982. The summed E-state index contributed by atoms with van der Waals surface area (Å²) >= 11 is 13.8. The lowest BCUT2D eigenvalue weighted by Crippen LogP contribution is -2.18. The van der Waals surface area contributed by atoms with Crippen LogP contribution in [0.2, 0.25) is 10.0 Å². The van der Waals surface area contributed by atoms with Gasteiger partial charge in [0.1, 0.15) is 0 Å². The summed E-state index contributed by atoms with van der Waals surface area (Å²) in [4.78, 5) is 5.44. The summed E-state index contributed by atoms with van der Waals surface area (Å²) in [5, 5.41) is 12.7. The van der Waals surface area contributed by atoms with Crippen molar-refractivity contribution in [2.45, 2.75) is 20.4 Å². The fourth-order valence-corrected chi connectivity index (χ4v) is 3.90. The zero-order valence-electron chi connectivity index (χ0n) is 14.4. The number of rotatable bonds is 4. The van der Waals surface area contributed by atoms with E-state index in [1.54, 1.807) is 18.2 Å². The van der Waals surface area contributed by atoms with E-state index >= 15 is 0 Å². The molecule has 138 valence electrons. The first-order valence-electron chi connectivity index (χ1n) is 7.86. The molecule has 0 fully saturated rings. The smallest absolute Gasteiger partial charge is 0.190 e. The molecule has 3 aromatic rings. The van der Waals surface area contributed by atoms with Gasteiger partial charge in [-0.25, -0.2) is 4.99 Å². The highest BCUT2D eigenvalue weighted by molar-refractivity contribution is 8.93. The van der Waals surface area contributed by atoms with Gasteiger partial charge in [0.25, 0.3) is 0 Å². The molecule has 0 radical (unpaired) electrons. The van der Waals surface area contributed by atoms with Gasteiger partial charge >= 0.3 is 0 Å². The molecule has 0 spiro atoms. The molecule has 0 unspecified atom stereocenters. The first-order chi connectivity index (χ1) is 12.0. The summed E-state index contributed by atoms with van der Waals surface area (Å²) in [5.74, 6) is 0. The van der Waals surface area contributed by atoms with E-state index in [0.717, 1.165) is 16.1 Å². The number of aryl methyl sites for hydroxylation is 2. The molecule has 1 N–H and O–H groups in total. The number of nitrogens with zero attached hydrogens (tertiary/aromatic N) is 2. The second kappa shape index (κ2) is 9.20. The quantitative estimate of drug-likeness (QED) is 0.499. The molecule has 0 aliphatic carbocycles. The van der Waals surface area contributed by atoms with Gasteiger partial charge in [-0.1, -0.05) is 40.9 Å². The van der Waals surface area contributed by atoms with Gasteiger partial charge < -0.3 is 9.67 Å². The van der Waals surface area contributed by atoms with Crippen LogP contribution < -0.4 is 4.80 Å². The van der Waals surface area contributed by atoms with Crippen LogP contribution in [-0.2, 0) is 6.54 Å². The zero-order chi connectivity index (χ0) is 18.0. The Kier molecular flexibility index (Phi) is 7.50. The lowest BCUT2D eigenvalue weighted by molar-refractivity contribution is 0.275. The van der Waals surface area contributed by atoms with Gasteiger partial charge in [0.15, 0.2) is 4.80 Å². The summed E-state index contributed by atoms with van der Waals surface area (Å²) in [6.07, 6.45) is 0. The average Bonchev–Trinajstić information content (AvgIpc) is 2.96. The molecule has 0 amide bonds. The third-order valence-corrected chi connectivity index (χ3v) is 5.33. The number of aliphatic hydroxyl groups excluding tert-OH is 1. The lowest BCUT2D eigenvalue weighted by Gasteiger charge is -2.11. The Labute approximate surface area is 177 Å². The standard InChI is InChI=1S/C19H18Cl2N2OS.BrH/c1-12-3-4-13(2)15(9-12)18-11-25-19(23(18)7-8-24)22-17-10-14(20)5-6-16(17)21;/h3-6,9-11,24H,7-8H2,1-2H3;1H. The fraction of sp³-hybridized carbons (Fsp3) is 0.211. The second-order valence-electron chi connectivity index (χ2n) is 5.80. The molecule has 0 saturated carbocycles. The molecule has 0 aliphatic rings. The number of hydrogen-bond donors (Lipinski definition) is 1. The molecule has 0 atom stereocenters. The van der Waals surface area contributed by atoms with E-state index in [0.29, 0.717) is 22.3 Å². The Morgan fingerprint density at radius 1 is 1.12 bits per heavy atom. The Balaban J connectivity index is 0.00000243. The average molecular weight is 474 g/mol. The Morgan fingerprint density at radius 2 is 1.88 bits per heavy atom. The molecule has 0 saturated heterocycles. The van der Waals surface area contributed by atoms with Gasteiger partial charge in [0, 0.05) is 22.5 Å². The molecule has 3 rings (SSSR count). The number of hydrogen-bond acceptors (Lipinski definition) is 3. The molecule has 1 aromatic heterocycles. The van der Waals surface area contributed by atoms with E-state index < -0.39 is 0 Å². The maximum Gasteiger partial charge on any atom is 0.190 e. The summed E-state index contributed by atoms with van der Waals surface area (Å²) in [6, 6.07) is 11.6. The SMILES string of the molecule is Br.Cc1ccc(C)c(-c2csc(=Nc3cc(Cl)ccc3Cl)n2CCO)c1. The van der Waals surface area contributed by atoms with Crippen molar-refractivity contribution in [3.63, 3.8) is 0 Å². The monoisotopic (exact) mass is 472 g/mol. The minimum atomic E-state index is 0. The predicted molar refractivity (Wildman–Crippen MR) is 116 cm³/mol. The summed E-state index contributed by atoms with van der Waals surface area (Å²) < 4.78 is 2.02. The van der Waals surface area contributed by atoms with Crippen LogP contribution in [-0.4, -0.2) is 16.3 Å². The van der Waals surface area contributed by atoms with E-state index in [9.17, 15) is 5.11 Å². The van der Waals surface area contributed by atoms with Crippen molar-refractivity contribution < 1.29 is 5.11 Å². The number of thiazole rings is 1. The topological polar surface area (TPSA) is 37.5 Å². The van der Waals surface area contributed by atoms with Crippen LogP contribution in [0.25, 0.3) is 11.3 Å². The molecule has 0 aliphatic heterocycles. The molecule has 3 nitrogen and oxygen atoms in total. The molecular weight excluding hydrogens is 455 g/mol. The lowest BCUT2D eigenvalue weighted by atomic mass is 10.0. The van der Waals surface area contributed by atoms with Crippen LogP contribution in [0.4, 0.5) is 5.69 Å². The summed E-state index contributed by atoms with van der Waals surface area (Å²) in [7, 11) is 0. The highest BCUT2D eigenvalue weighted by Gasteiger charge is 2.11. The highest BCUT2D eigenvalue weighted by atomic mass is 79.9. The second-order valence-corrected chi connectivity index (χ2v) is 7.48.